The zero-order valence-electron chi connectivity index (χ0n) is 9.79. The summed E-state index contributed by atoms with van der Waals surface area (Å²) in [5.41, 5.74) is -5.50. The Morgan fingerprint density at radius 3 is 2.56 bits per heavy atom. The molecule has 1 atom stereocenters. The summed E-state index contributed by atoms with van der Waals surface area (Å²) in [6, 6.07) is 0. The van der Waals surface area contributed by atoms with E-state index in [0.29, 0.717) is 19.4 Å². The Balaban J connectivity index is 2.56. The standard InChI is InChI=1S/C10H14F3NO3S/c1-9(8(16)17)3-2-4-14(6-9)7(15)5-18-10(11,12)13/h2-6H2,1H3,(H,16,17). The number of carboxylic acid groups (broad SMARTS) is 1. The summed E-state index contributed by atoms with van der Waals surface area (Å²) in [5, 5.41) is 9.03. The average Bonchev–Trinajstić information content (AvgIpc) is 2.24. The predicted octanol–water partition coefficient (Wildman–Crippen LogP) is 1.95. The number of thioether (sulfide) groups is 1. The van der Waals surface area contributed by atoms with Crippen LogP contribution in [0.1, 0.15) is 19.8 Å². The quantitative estimate of drug-likeness (QED) is 0.861. The number of likely N-dealkylation sites (tertiary alicyclic amines) is 1. The van der Waals surface area contributed by atoms with Crippen molar-refractivity contribution in [3.63, 3.8) is 0 Å². The fourth-order valence-corrected chi connectivity index (χ4v) is 2.33. The van der Waals surface area contributed by atoms with Gasteiger partial charge in [-0.25, -0.2) is 0 Å². The fourth-order valence-electron chi connectivity index (χ4n) is 1.86. The van der Waals surface area contributed by atoms with Crippen LogP contribution in [0.5, 0.6) is 0 Å². The molecule has 1 amide bonds. The zero-order valence-corrected chi connectivity index (χ0v) is 10.6. The maximum atomic E-state index is 12.0. The molecule has 0 aromatic rings. The number of amides is 1. The fraction of sp³-hybridized carbons (Fsp3) is 0.800. The minimum absolute atomic E-state index is 0.0282. The average molecular weight is 285 g/mol. The van der Waals surface area contributed by atoms with E-state index in [1.165, 1.54) is 11.8 Å². The lowest BCUT2D eigenvalue weighted by Gasteiger charge is -2.37. The van der Waals surface area contributed by atoms with Crippen LogP contribution < -0.4 is 0 Å². The van der Waals surface area contributed by atoms with Crippen LogP contribution in [0.4, 0.5) is 13.2 Å². The van der Waals surface area contributed by atoms with E-state index in [9.17, 15) is 22.8 Å². The number of hydrogen-bond acceptors (Lipinski definition) is 3. The first-order valence-corrected chi connectivity index (χ1v) is 6.34. The molecule has 0 aromatic heterocycles. The van der Waals surface area contributed by atoms with Crippen molar-refractivity contribution in [1.29, 1.82) is 0 Å². The van der Waals surface area contributed by atoms with Crippen molar-refractivity contribution in [2.75, 3.05) is 18.8 Å². The van der Waals surface area contributed by atoms with Crippen molar-refractivity contribution in [3.05, 3.63) is 0 Å². The molecule has 1 N–H and O–H groups in total. The maximum absolute atomic E-state index is 12.0. The Kier molecular flexibility index (Phi) is 4.52. The van der Waals surface area contributed by atoms with Gasteiger partial charge in [-0.3, -0.25) is 9.59 Å². The van der Waals surface area contributed by atoms with E-state index in [-0.39, 0.29) is 6.54 Å². The molecule has 4 nitrogen and oxygen atoms in total. The van der Waals surface area contributed by atoms with Gasteiger partial charge in [0.05, 0.1) is 11.2 Å². The number of nitrogens with zero attached hydrogens (tertiary/aromatic N) is 1. The van der Waals surface area contributed by atoms with E-state index in [0.717, 1.165) is 0 Å². The third-order valence-corrected chi connectivity index (χ3v) is 3.64. The van der Waals surface area contributed by atoms with E-state index >= 15 is 0 Å². The molecule has 18 heavy (non-hydrogen) atoms. The Morgan fingerprint density at radius 1 is 1.44 bits per heavy atom. The molecule has 1 unspecified atom stereocenters. The number of alkyl halides is 3. The van der Waals surface area contributed by atoms with Crippen molar-refractivity contribution >= 4 is 23.6 Å². The van der Waals surface area contributed by atoms with Gasteiger partial charge in [-0.05, 0) is 31.5 Å². The number of rotatable bonds is 3. The molecule has 1 aliphatic heterocycles. The number of halogens is 3. The lowest BCUT2D eigenvalue weighted by molar-refractivity contribution is -0.153. The largest absolute Gasteiger partial charge is 0.481 e. The molecule has 1 fully saturated rings. The second-order valence-corrected chi connectivity index (χ2v) is 5.56. The Hall–Kier alpha value is -0.920. The van der Waals surface area contributed by atoms with Crippen molar-refractivity contribution in [1.82, 2.24) is 4.90 Å². The van der Waals surface area contributed by atoms with Crippen molar-refractivity contribution in [2.24, 2.45) is 5.41 Å². The van der Waals surface area contributed by atoms with Gasteiger partial charge in [0.15, 0.2) is 0 Å². The van der Waals surface area contributed by atoms with Gasteiger partial charge in [0.2, 0.25) is 5.91 Å². The Bertz CT molecular complexity index is 348. The van der Waals surface area contributed by atoms with Gasteiger partial charge in [-0.15, -0.1) is 0 Å². The first kappa shape index (κ1) is 15.1. The molecule has 1 aliphatic rings. The summed E-state index contributed by atoms with van der Waals surface area (Å²) in [6.45, 7) is 1.80. The van der Waals surface area contributed by atoms with Gasteiger partial charge in [-0.2, -0.15) is 13.2 Å². The van der Waals surface area contributed by atoms with Gasteiger partial charge in [0, 0.05) is 13.1 Å². The molecule has 0 spiro atoms. The zero-order chi connectivity index (χ0) is 14.0. The smallest absolute Gasteiger partial charge is 0.442 e. The van der Waals surface area contributed by atoms with Crippen molar-refractivity contribution in [2.45, 2.75) is 25.3 Å². The summed E-state index contributed by atoms with van der Waals surface area (Å²) < 4.78 is 35.9. The van der Waals surface area contributed by atoms with E-state index in [2.05, 4.69) is 0 Å². The van der Waals surface area contributed by atoms with Crippen molar-refractivity contribution in [3.8, 4) is 0 Å². The summed E-state index contributed by atoms with van der Waals surface area (Å²) in [5.74, 6) is -2.38. The molecule has 0 aromatic carbocycles. The van der Waals surface area contributed by atoms with E-state index in [1.807, 2.05) is 0 Å². The second kappa shape index (κ2) is 5.38. The molecule has 0 radical (unpaired) electrons. The number of carbonyl (C=O) groups excluding carboxylic acids is 1. The Morgan fingerprint density at radius 2 is 2.06 bits per heavy atom. The number of hydrogen-bond donors (Lipinski definition) is 1. The number of carbonyl (C=O) groups is 2. The highest BCUT2D eigenvalue weighted by molar-refractivity contribution is 8.00. The molecule has 1 rings (SSSR count). The molecule has 104 valence electrons. The lowest BCUT2D eigenvalue weighted by Crippen LogP contribution is -2.49. The third kappa shape index (κ3) is 4.08. The molecule has 0 bridgehead atoms. The van der Waals surface area contributed by atoms with Gasteiger partial charge in [-0.1, -0.05) is 0 Å². The SMILES string of the molecule is CC1(C(=O)O)CCCN(C(=O)CSC(F)(F)F)C1. The summed E-state index contributed by atoms with van der Waals surface area (Å²) in [7, 11) is 0. The third-order valence-electron chi connectivity index (χ3n) is 2.92. The monoisotopic (exact) mass is 285 g/mol. The summed E-state index contributed by atoms with van der Waals surface area (Å²) in [6.07, 6.45) is 0.920. The van der Waals surface area contributed by atoms with Crippen LogP contribution in [0.2, 0.25) is 0 Å². The van der Waals surface area contributed by atoms with E-state index in [4.69, 9.17) is 5.11 Å². The lowest BCUT2D eigenvalue weighted by atomic mass is 9.82. The highest BCUT2D eigenvalue weighted by Gasteiger charge is 2.40. The molecular weight excluding hydrogens is 271 g/mol. The van der Waals surface area contributed by atoms with Crippen LogP contribution in [-0.2, 0) is 9.59 Å². The first-order valence-electron chi connectivity index (χ1n) is 5.36. The van der Waals surface area contributed by atoms with Gasteiger partial charge in [0.1, 0.15) is 0 Å². The number of carboxylic acids is 1. The van der Waals surface area contributed by atoms with Crippen LogP contribution in [0, 0.1) is 5.41 Å². The topological polar surface area (TPSA) is 57.6 Å². The van der Waals surface area contributed by atoms with Crippen LogP contribution >= 0.6 is 11.8 Å². The maximum Gasteiger partial charge on any atom is 0.442 e. The predicted molar refractivity (Wildman–Crippen MR) is 60.1 cm³/mol. The number of piperidine rings is 1. The van der Waals surface area contributed by atoms with Gasteiger partial charge < -0.3 is 10.0 Å². The number of aliphatic carboxylic acids is 1. The van der Waals surface area contributed by atoms with Crippen LogP contribution in [-0.4, -0.2) is 46.2 Å². The normalized spacial score (nSPS) is 25.0. The highest BCUT2D eigenvalue weighted by atomic mass is 32.2. The summed E-state index contributed by atoms with van der Waals surface area (Å²) >= 11 is -0.395. The van der Waals surface area contributed by atoms with E-state index < -0.39 is 40.3 Å². The second-order valence-electron chi connectivity index (χ2n) is 4.52. The van der Waals surface area contributed by atoms with Crippen LogP contribution in [0.25, 0.3) is 0 Å². The minimum atomic E-state index is -4.44. The molecule has 1 heterocycles. The minimum Gasteiger partial charge on any atom is -0.481 e. The highest BCUT2D eigenvalue weighted by Crippen LogP contribution is 2.32. The van der Waals surface area contributed by atoms with E-state index in [1.54, 1.807) is 0 Å². The molecular formula is C10H14F3NO3S. The van der Waals surface area contributed by atoms with Gasteiger partial charge in [0.25, 0.3) is 0 Å². The molecule has 0 aliphatic carbocycles. The van der Waals surface area contributed by atoms with Gasteiger partial charge >= 0.3 is 11.5 Å². The van der Waals surface area contributed by atoms with Crippen LogP contribution in [0.15, 0.2) is 0 Å². The van der Waals surface area contributed by atoms with Crippen molar-refractivity contribution < 1.29 is 27.9 Å². The Labute approximate surface area is 107 Å². The first-order chi connectivity index (χ1) is 8.14. The molecule has 1 saturated heterocycles. The molecule has 0 saturated carbocycles. The van der Waals surface area contributed by atoms with Crippen LogP contribution in [0.3, 0.4) is 0 Å². The summed E-state index contributed by atoms with van der Waals surface area (Å²) in [4.78, 5) is 23.8. The molecule has 8 heteroatoms.